The van der Waals surface area contributed by atoms with E-state index in [2.05, 4.69) is 44.7 Å². The number of carbonyl (C=O) groups excluding carboxylic acids is 4. The van der Waals surface area contributed by atoms with Crippen molar-refractivity contribution in [2.24, 2.45) is 11.8 Å². The number of carbonyl (C=O) groups is 4. The SMILES string of the molecule is C=CCCC(=O)NC[C@H](C)OC(=O)[C@@H]1[C@H]2O[C@@]3(CC2Br)[C@H](C(=O)N(CC=C)Cn2nnc4ccccc42)N(CCO)C(=O)[C@@H]13. The number of nitrogens with zero attached hydrogens (tertiary/aromatic N) is 5. The van der Waals surface area contributed by atoms with Gasteiger partial charge in [-0.3, -0.25) is 19.2 Å². The van der Waals surface area contributed by atoms with Gasteiger partial charge in [0.15, 0.2) is 0 Å². The molecule has 3 amide bonds. The molecule has 3 aliphatic heterocycles. The van der Waals surface area contributed by atoms with E-state index in [-0.39, 0.29) is 50.1 Å². The number of β-amino-alcohol motifs (C(OH)–C–C–N with tert-alkyl or cyclic N) is 1. The van der Waals surface area contributed by atoms with E-state index in [1.165, 1.54) is 9.80 Å². The third-order valence-corrected chi connectivity index (χ3v) is 9.35. The van der Waals surface area contributed by atoms with E-state index in [0.29, 0.717) is 18.4 Å². The largest absolute Gasteiger partial charge is 0.460 e. The number of para-hydroxylation sites is 1. The van der Waals surface area contributed by atoms with Crippen LogP contribution in [0.5, 0.6) is 0 Å². The summed E-state index contributed by atoms with van der Waals surface area (Å²) in [4.78, 5) is 56.5. The molecule has 1 unspecified atom stereocenters. The number of aliphatic hydroxyl groups excluding tert-OH is 1. The van der Waals surface area contributed by atoms with Crippen LogP contribution in [0.2, 0.25) is 0 Å². The van der Waals surface area contributed by atoms with Crippen molar-refractivity contribution < 1.29 is 33.8 Å². The highest BCUT2D eigenvalue weighted by Crippen LogP contribution is 2.60. The lowest BCUT2D eigenvalue weighted by Gasteiger charge is -2.36. The number of aliphatic hydroxyl groups is 1. The number of aromatic nitrogens is 3. The summed E-state index contributed by atoms with van der Waals surface area (Å²) in [6, 6.07) is 6.25. The summed E-state index contributed by atoms with van der Waals surface area (Å²) in [5.74, 6) is -3.66. The highest BCUT2D eigenvalue weighted by atomic mass is 79.9. The van der Waals surface area contributed by atoms with Gasteiger partial charge in [-0.25, -0.2) is 4.68 Å². The second-order valence-corrected chi connectivity index (χ2v) is 12.5. The third-order valence-electron chi connectivity index (χ3n) is 8.50. The van der Waals surface area contributed by atoms with Gasteiger partial charge in [0.25, 0.3) is 0 Å². The molecule has 44 heavy (non-hydrogen) atoms. The number of benzene rings is 1. The molecule has 1 spiro atoms. The number of ether oxygens (including phenoxy) is 2. The van der Waals surface area contributed by atoms with Crippen LogP contribution in [0.1, 0.15) is 26.2 Å². The first-order valence-corrected chi connectivity index (χ1v) is 15.6. The van der Waals surface area contributed by atoms with Crippen molar-refractivity contribution in [3.8, 4) is 0 Å². The molecule has 3 fully saturated rings. The predicted molar refractivity (Wildman–Crippen MR) is 162 cm³/mol. The first kappa shape index (κ1) is 31.8. The van der Waals surface area contributed by atoms with E-state index in [0.717, 1.165) is 5.52 Å². The lowest BCUT2D eigenvalue weighted by Crippen LogP contribution is -2.57. The van der Waals surface area contributed by atoms with Crippen molar-refractivity contribution in [3.63, 3.8) is 0 Å². The van der Waals surface area contributed by atoms with Crippen LogP contribution in [0.4, 0.5) is 0 Å². The fraction of sp³-hybridized carbons (Fsp3) is 0.533. The summed E-state index contributed by atoms with van der Waals surface area (Å²) in [7, 11) is 0. The number of fused-ring (bicyclic) bond motifs is 2. The number of allylic oxidation sites excluding steroid dienone is 1. The number of nitrogens with one attached hydrogen (secondary N) is 1. The highest BCUT2D eigenvalue weighted by molar-refractivity contribution is 9.09. The Morgan fingerprint density at radius 3 is 2.82 bits per heavy atom. The fourth-order valence-electron chi connectivity index (χ4n) is 6.65. The summed E-state index contributed by atoms with van der Waals surface area (Å²) in [6.45, 7) is 8.86. The first-order valence-electron chi connectivity index (χ1n) is 14.7. The van der Waals surface area contributed by atoms with Gasteiger partial charge in [0.2, 0.25) is 17.7 Å². The Morgan fingerprint density at radius 1 is 1.32 bits per heavy atom. The summed E-state index contributed by atoms with van der Waals surface area (Å²) in [5.41, 5.74) is 0.0760. The number of hydrogen-bond donors (Lipinski definition) is 2. The minimum atomic E-state index is -1.32. The Kier molecular flexibility index (Phi) is 9.51. The summed E-state index contributed by atoms with van der Waals surface area (Å²) < 4.78 is 13.8. The molecule has 4 heterocycles. The number of rotatable bonds is 14. The van der Waals surface area contributed by atoms with Crippen LogP contribution in [0.15, 0.2) is 49.6 Å². The van der Waals surface area contributed by atoms with Crippen molar-refractivity contribution in [2.75, 3.05) is 26.2 Å². The van der Waals surface area contributed by atoms with Crippen LogP contribution in [0.25, 0.3) is 11.0 Å². The molecule has 3 aliphatic rings. The highest BCUT2D eigenvalue weighted by Gasteiger charge is 2.77. The molecule has 14 heteroatoms. The van der Waals surface area contributed by atoms with E-state index < -0.39 is 53.5 Å². The van der Waals surface area contributed by atoms with Gasteiger partial charge in [0, 0.05) is 24.3 Å². The lowest BCUT2D eigenvalue weighted by molar-refractivity contribution is -0.159. The van der Waals surface area contributed by atoms with Gasteiger partial charge in [-0.1, -0.05) is 45.4 Å². The molecule has 2 bridgehead atoms. The van der Waals surface area contributed by atoms with E-state index in [1.54, 1.807) is 23.8 Å². The molecule has 3 saturated heterocycles. The average Bonchev–Trinajstić information content (AvgIpc) is 3.72. The molecule has 0 radical (unpaired) electrons. The Balaban J connectivity index is 1.40. The predicted octanol–water partition coefficient (Wildman–Crippen LogP) is 1.16. The quantitative estimate of drug-likeness (QED) is 0.171. The molecular formula is C30H37BrN6O7. The monoisotopic (exact) mass is 672 g/mol. The molecule has 5 rings (SSSR count). The van der Waals surface area contributed by atoms with Gasteiger partial charge in [0.05, 0.1) is 36.6 Å². The second kappa shape index (κ2) is 13.2. The fourth-order valence-corrected chi connectivity index (χ4v) is 7.60. The third kappa shape index (κ3) is 5.66. The molecule has 2 aromatic rings. The Morgan fingerprint density at radius 2 is 2.09 bits per heavy atom. The van der Waals surface area contributed by atoms with Crippen LogP contribution in [0.3, 0.4) is 0 Å². The Labute approximate surface area is 263 Å². The van der Waals surface area contributed by atoms with E-state index >= 15 is 0 Å². The van der Waals surface area contributed by atoms with Crippen LogP contribution in [-0.2, 0) is 35.3 Å². The molecule has 0 saturated carbocycles. The molecule has 1 aromatic carbocycles. The van der Waals surface area contributed by atoms with E-state index in [1.807, 2.05) is 24.3 Å². The number of alkyl halides is 1. The summed E-state index contributed by atoms with van der Waals surface area (Å²) >= 11 is 3.63. The molecule has 236 valence electrons. The van der Waals surface area contributed by atoms with Gasteiger partial charge in [-0.05, 0) is 31.9 Å². The second-order valence-electron chi connectivity index (χ2n) is 11.4. The Bertz CT molecular complexity index is 1450. The van der Waals surface area contributed by atoms with Crippen molar-refractivity contribution >= 4 is 50.7 Å². The number of hydrogen-bond acceptors (Lipinski definition) is 9. The maximum Gasteiger partial charge on any atom is 0.312 e. The maximum absolute atomic E-state index is 14.4. The van der Waals surface area contributed by atoms with Gasteiger partial charge in [0.1, 0.15) is 29.9 Å². The average molecular weight is 674 g/mol. The summed E-state index contributed by atoms with van der Waals surface area (Å²) in [5, 5.41) is 21.0. The maximum atomic E-state index is 14.4. The van der Waals surface area contributed by atoms with Crippen LogP contribution < -0.4 is 5.32 Å². The molecule has 2 N–H and O–H groups in total. The molecule has 7 atom stereocenters. The minimum Gasteiger partial charge on any atom is -0.460 e. The van der Waals surface area contributed by atoms with E-state index in [9.17, 15) is 24.3 Å². The van der Waals surface area contributed by atoms with Gasteiger partial charge < -0.3 is 29.7 Å². The zero-order chi connectivity index (χ0) is 31.6. The van der Waals surface area contributed by atoms with Crippen molar-refractivity contribution in [1.82, 2.24) is 30.1 Å². The molecule has 13 nitrogen and oxygen atoms in total. The van der Waals surface area contributed by atoms with Crippen LogP contribution in [0, 0.1) is 11.8 Å². The summed E-state index contributed by atoms with van der Waals surface area (Å²) in [6.07, 6.45) is 2.97. The normalized spacial score (nSPS) is 27.7. The van der Waals surface area contributed by atoms with Crippen molar-refractivity contribution in [2.45, 2.75) is 61.5 Å². The Hall–Kier alpha value is -3.62. The van der Waals surface area contributed by atoms with Gasteiger partial charge in [-0.2, -0.15) is 0 Å². The number of halogens is 1. The topological polar surface area (TPSA) is 156 Å². The minimum absolute atomic E-state index is 0.0342. The number of amides is 3. The molecular weight excluding hydrogens is 636 g/mol. The van der Waals surface area contributed by atoms with Crippen LogP contribution >= 0.6 is 15.9 Å². The van der Waals surface area contributed by atoms with E-state index in [4.69, 9.17) is 9.47 Å². The molecule has 0 aliphatic carbocycles. The van der Waals surface area contributed by atoms with Crippen molar-refractivity contribution in [1.29, 1.82) is 0 Å². The lowest BCUT2D eigenvalue weighted by atomic mass is 9.70. The smallest absolute Gasteiger partial charge is 0.312 e. The van der Waals surface area contributed by atoms with Crippen LogP contribution in [-0.4, -0.2) is 109 Å². The standard InChI is InChI=1S/C30H37BrN6O7/c1-4-6-11-22(39)32-16-18(3)43-29(42)23-24-27(40)36(13-14-38)26(30(24)15-19(31)25(23)44-30)28(41)35(12-5-2)17-37-21-10-8-7-9-20(21)33-34-37/h4-5,7-10,18-19,23-26,38H,1-2,6,11-17H2,3H3,(H,32,39)/t18-,19?,23-,24+,25-,26-,30+/m0/s1. The number of esters is 1. The van der Waals surface area contributed by atoms with Crippen molar-refractivity contribution in [3.05, 3.63) is 49.6 Å². The van der Waals surface area contributed by atoms with Gasteiger partial charge in [-0.15, -0.1) is 18.3 Å². The zero-order valence-electron chi connectivity index (χ0n) is 24.5. The number of likely N-dealkylation sites (tertiary alicyclic amines) is 1. The van der Waals surface area contributed by atoms with Gasteiger partial charge >= 0.3 is 5.97 Å². The zero-order valence-corrected chi connectivity index (χ0v) is 26.1. The first-order chi connectivity index (χ1) is 21.2. The molecule has 1 aromatic heterocycles.